The molecule has 150 valence electrons. The molecule has 0 aliphatic carbocycles. The lowest BCUT2D eigenvalue weighted by Gasteiger charge is -2.17. The first-order valence-corrected chi connectivity index (χ1v) is 9.69. The molecule has 0 spiro atoms. The third kappa shape index (κ3) is 5.23. The van der Waals surface area contributed by atoms with Gasteiger partial charge in [-0.25, -0.2) is 4.39 Å². The van der Waals surface area contributed by atoms with Crippen LogP contribution < -0.4 is 14.8 Å². The predicted octanol–water partition coefficient (Wildman–Crippen LogP) is 3.52. The highest BCUT2D eigenvalue weighted by Crippen LogP contribution is 2.32. The largest absolute Gasteiger partial charge is 0.493 e. The van der Waals surface area contributed by atoms with E-state index < -0.39 is 0 Å². The molecule has 2 aromatic carbocycles. The fourth-order valence-electron chi connectivity index (χ4n) is 3.35. The summed E-state index contributed by atoms with van der Waals surface area (Å²) in [5.41, 5.74) is 1.45. The summed E-state index contributed by atoms with van der Waals surface area (Å²) in [6.45, 7) is 3.21. The van der Waals surface area contributed by atoms with Crippen LogP contribution in [0.1, 0.15) is 30.4 Å². The second-order valence-corrected chi connectivity index (χ2v) is 6.84. The molecule has 5 nitrogen and oxygen atoms in total. The van der Waals surface area contributed by atoms with Crippen LogP contribution in [0.3, 0.4) is 0 Å². The molecule has 6 heteroatoms. The number of rotatable bonds is 10. The first-order valence-electron chi connectivity index (χ1n) is 9.69. The van der Waals surface area contributed by atoms with Gasteiger partial charge in [-0.05, 0) is 31.5 Å². The van der Waals surface area contributed by atoms with Crippen molar-refractivity contribution in [2.45, 2.75) is 32.4 Å². The maximum Gasteiger partial charge on any atom is 0.222 e. The Kier molecular flexibility index (Phi) is 7.25. The van der Waals surface area contributed by atoms with Crippen molar-refractivity contribution < 1.29 is 18.7 Å². The van der Waals surface area contributed by atoms with Crippen LogP contribution in [0.15, 0.2) is 42.5 Å². The summed E-state index contributed by atoms with van der Waals surface area (Å²) in [7, 11) is 1.59. The maximum absolute atomic E-state index is 13.9. The Morgan fingerprint density at radius 1 is 1.14 bits per heavy atom. The number of amides is 1. The van der Waals surface area contributed by atoms with E-state index in [4.69, 9.17) is 9.47 Å². The average molecular weight is 386 g/mol. The van der Waals surface area contributed by atoms with Gasteiger partial charge in [0, 0.05) is 37.2 Å². The zero-order valence-electron chi connectivity index (χ0n) is 16.2. The average Bonchev–Trinajstić information content (AvgIpc) is 3.12. The Hall–Kier alpha value is -2.60. The fourth-order valence-corrected chi connectivity index (χ4v) is 3.35. The van der Waals surface area contributed by atoms with Gasteiger partial charge in [0.15, 0.2) is 11.5 Å². The molecule has 1 N–H and O–H groups in total. The van der Waals surface area contributed by atoms with Crippen LogP contribution >= 0.6 is 0 Å². The van der Waals surface area contributed by atoms with E-state index in [0.717, 1.165) is 38.0 Å². The number of para-hydroxylation sites is 1. The Morgan fingerprint density at radius 3 is 2.71 bits per heavy atom. The van der Waals surface area contributed by atoms with Crippen LogP contribution in [0.4, 0.5) is 4.39 Å². The van der Waals surface area contributed by atoms with E-state index in [2.05, 4.69) is 5.32 Å². The second-order valence-electron chi connectivity index (χ2n) is 6.84. The summed E-state index contributed by atoms with van der Waals surface area (Å²) in [6.07, 6.45) is 2.56. The van der Waals surface area contributed by atoms with E-state index in [9.17, 15) is 9.18 Å². The zero-order chi connectivity index (χ0) is 19.8. The van der Waals surface area contributed by atoms with Gasteiger partial charge >= 0.3 is 0 Å². The van der Waals surface area contributed by atoms with Crippen LogP contribution in [0.2, 0.25) is 0 Å². The Balaban J connectivity index is 1.55. The summed E-state index contributed by atoms with van der Waals surface area (Å²) in [5.74, 6) is 1.22. The zero-order valence-corrected chi connectivity index (χ0v) is 16.2. The Labute approximate surface area is 165 Å². The molecule has 3 rings (SSSR count). The molecule has 2 aromatic rings. The van der Waals surface area contributed by atoms with Crippen molar-refractivity contribution >= 4 is 5.91 Å². The molecule has 1 saturated heterocycles. The molecule has 1 fully saturated rings. The van der Waals surface area contributed by atoms with Gasteiger partial charge in [-0.2, -0.15) is 0 Å². The van der Waals surface area contributed by atoms with E-state index in [-0.39, 0.29) is 18.3 Å². The molecule has 1 amide bonds. The van der Waals surface area contributed by atoms with Crippen LogP contribution in [0.25, 0.3) is 0 Å². The fraction of sp³-hybridized carbons (Fsp3) is 0.409. The van der Waals surface area contributed by atoms with E-state index in [0.29, 0.717) is 30.0 Å². The lowest BCUT2D eigenvalue weighted by Crippen LogP contribution is -2.28. The number of hydrogen-bond acceptors (Lipinski definition) is 4. The van der Waals surface area contributed by atoms with Gasteiger partial charge in [0.05, 0.1) is 7.11 Å². The first-order chi connectivity index (χ1) is 13.7. The predicted molar refractivity (Wildman–Crippen MR) is 106 cm³/mol. The van der Waals surface area contributed by atoms with Gasteiger partial charge in [0.2, 0.25) is 5.91 Å². The molecule has 0 atom stereocenters. The molecule has 0 aromatic heterocycles. The van der Waals surface area contributed by atoms with Crippen molar-refractivity contribution in [2.75, 3.05) is 26.7 Å². The summed E-state index contributed by atoms with van der Waals surface area (Å²) >= 11 is 0. The van der Waals surface area contributed by atoms with Crippen molar-refractivity contribution in [2.24, 2.45) is 0 Å². The minimum Gasteiger partial charge on any atom is -0.493 e. The molecule has 28 heavy (non-hydrogen) atoms. The quantitative estimate of drug-likeness (QED) is 0.635. The van der Waals surface area contributed by atoms with Crippen LogP contribution in [-0.4, -0.2) is 37.6 Å². The van der Waals surface area contributed by atoms with Gasteiger partial charge in [0.1, 0.15) is 12.4 Å². The summed E-state index contributed by atoms with van der Waals surface area (Å²) in [6, 6.07) is 12.3. The van der Waals surface area contributed by atoms with Crippen molar-refractivity contribution in [1.82, 2.24) is 10.2 Å². The highest BCUT2D eigenvalue weighted by Gasteiger charge is 2.19. The number of nitrogens with one attached hydrogen (secondary N) is 1. The summed E-state index contributed by atoms with van der Waals surface area (Å²) in [4.78, 5) is 13.6. The van der Waals surface area contributed by atoms with Crippen molar-refractivity contribution in [3.05, 3.63) is 59.4 Å². The van der Waals surface area contributed by atoms with Gasteiger partial charge < -0.3 is 19.7 Å². The SMILES string of the molecule is COc1cccc(CNCCCN2CCCC2=O)c1OCc1ccccc1F. The number of benzene rings is 2. The van der Waals surface area contributed by atoms with Crippen LogP contribution in [0, 0.1) is 5.82 Å². The molecular weight excluding hydrogens is 359 g/mol. The molecule has 1 aliphatic rings. The lowest BCUT2D eigenvalue weighted by atomic mass is 10.1. The summed E-state index contributed by atoms with van der Waals surface area (Å²) < 4.78 is 25.2. The number of hydrogen-bond donors (Lipinski definition) is 1. The number of likely N-dealkylation sites (tertiary alicyclic amines) is 1. The number of ether oxygens (including phenoxy) is 2. The van der Waals surface area contributed by atoms with Gasteiger partial charge in [-0.3, -0.25) is 4.79 Å². The smallest absolute Gasteiger partial charge is 0.222 e. The van der Waals surface area contributed by atoms with E-state index >= 15 is 0 Å². The molecule has 1 aliphatic heterocycles. The maximum atomic E-state index is 13.9. The van der Waals surface area contributed by atoms with E-state index in [1.54, 1.807) is 25.3 Å². The van der Waals surface area contributed by atoms with Gasteiger partial charge in [0.25, 0.3) is 0 Å². The highest BCUT2D eigenvalue weighted by atomic mass is 19.1. The van der Waals surface area contributed by atoms with Crippen LogP contribution in [0.5, 0.6) is 11.5 Å². The Morgan fingerprint density at radius 2 is 1.96 bits per heavy atom. The monoisotopic (exact) mass is 386 g/mol. The van der Waals surface area contributed by atoms with E-state index in [1.165, 1.54) is 6.07 Å². The van der Waals surface area contributed by atoms with E-state index in [1.807, 2.05) is 23.1 Å². The third-order valence-corrected chi connectivity index (χ3v) is 4.88. The number of carbonyl (C=O) groups excluding carboxylic acids is 1. The minimum absolute atomic E-state index is 0.136. The molecule has 1 heterocycles. The second kappa shape index (κ2) is 10.1. The lowest BCUT2D eigenvalue weighted by molar-refractivity contribution is -0.127. The third-order valence-electron chi connectivity index (χ3n) is 4.88. The van der Waals surface area contributed by atoms with Crippen molar-refractivity contribution in [3.8, 4) is 11.5 Å². The number of halogens is 1. The number of carbonyl (C=O) groups is 1. The Bertz CT molecular complexity index is 797. The normalized spacial score (nSPS) is 13.8. The topological polar surface area (TPSA) is 50.8 Å². The van der Waals surface area contributed by atoms with Gasteiger partial charge in [-0.1, -0.05) is 30.3 Å². The van der Waals surface area contributed by atoms with Gasteiger partial charge in [-0.15, -0.1) is 0 Å². The van der Waals surface area contributed by atoms with Crippen molar-refractivity contribution in [1.29, 1.82) is 0 Å². The summed E-state index contributed by atoms with van der Waals surface area (Å²) in [5, 5.41) is 3.39. The molecular formula is C22H27FN2O3. The molecule has 0 radical (unpaired) electrons. The number of methoxy groups -OCH3 is 1. The standard InChI is InChI=1S/C22H27FN2O3/c1-27-20-10-4-8-17(15-24-12-6-14-25-13-5-11-21(25)26)22(20)28-16-18-7-2-3-9-19(18)23/h2-4,7-10,24H,5-6,11-16H2,1H3. The number of nitrogens with zero attached hydrogens (tertiary/aromatic N) is 1. The minimum atomic E-state index is -0.284. The highest BCUT2D eigenvalue weighted by molar-refractivity contribution is 5.77. The van der Waals surface area contributed by atoms with Crippen LogP contribution in [-0.2, 0) is 17.9 Å². The van der Waals surface area contributed by atoms with Crippen molar-refractivity contribution in [3.63, 3.8) is 0 Å². The first kappa shape index (κ1) is 20.1. The molecule has 0 unspecified atom stereocenters. The molecule has 0 bridgehead atoms. The molecule has 0 saturated carbocycles.